The smallest absolute Gasteiger partial charge is 0.424 e. The fraction of sp³-hybridized carbons (Fsp3) is 0.450. The van der Waals surface area contributed by atoms with E-state index in [4.69, 9.17) is 9.84 Å². The summed E-state index contributed by atoms with van der Waals surface area (Å²) in [6.07, 6.45) is -1.08. The molecule has 1 spiro atoms. The third kappa shape index (κ3) is 3.85. The maximum Gasteiger partial charge on any atom is 0.424 e. The number of amides is 4. The summed E-state index contributed by atoms with van der Waals surface area (Å²) in [6, 6.07) is 5.72. The lowest BCUT2D eigenvalue weighted by Gasteiger charge is -2.36. The number of imide groups is 3. The van der Waals surface area contributed by atoms with Gasteiger partial charge in [-0.1, -0.05) is 0 Å². The molecule has 9 nitrogen and oxygen atoms in total. The normalized spacial score (nSPS) is 22.4. The van der Waals surface area contributed by atoms with Gasteiger partial charge in [0.05, 0.1) is 11.0 Å². The lowest BCUT2D eigenvalue weighted by atomic mass is 9.78. The number of hydrogen-bond acceptors (Lipinski definition) is 6. The summed E-state index contributed by atoms with van der Waals surface area (Å²) in [5.74, 6) is -2.80. The number of benzene rings is 1. The average molecular weight is 402 g/mol. The van der Waals surface area contributed by atoms with E-state index in [0.717, 1.165) is 0 Å². The highest BCUT2D eigenvalue weighted by molar-refractivity contribution is 6.15. The third-order valence-corrected chi connectivity index (χ3v) is 4.98. The molecule has 0 aliphatic carbocycles. The quantitative estimate of drug-likeness (QED) is 0.753. The summed E-state index contributed by atoms with van der Waals surface area (Å²) >= 11 is 0. The number of carboxylic acid groups (broad SMARTS) is 1. The van der Waals surface area contributed by atoms with E-state index >= 15 is 0 Å². The Morgan fingerprint density at radius 3 is 2.24 bits per heavy atom. The molecule has 1 N–H and O–H groups in total. The molecule has 0 saturated carbocycles. The first kappa shape index (κ1) is 20.5. The van der Waals surface area contributed by atoms with Crippen molar-refractivity contribution < 1.29 is 33.8 Å². The van der Waals surface area contributed by atoms with E-state index in [2.05, 4.69) is 0 Å². The molecule has 2 aliphatic rings. The van der Waals surface area contributed by atoms with Crippen molar-refractivity contribution in [2.45, 2.75) is 45.6 Å². The summed E-state index contributed by atoms with van der Waals surface area (Å²) < 4.78 is 5.19. The molecule has 0 bridgehead atoms. The Labute approximate surface area is 167 Å². The number of rotatable bonds is 2. The zero-order valence-electron chi connectivity index (χ0n) is 16.4. The summed E-state index contributed by atoms with van der Waals surface area (Å²) in [6.45, 7) is 4.88. The fourth-order valence-electron chi connectivity index (χ4n) is 3.57. The molecular formula is C20H22N2O7. The van der Waals surface area contributed by atoms with Gasteiger partial charge in [0.2, 0.25) is 17.7 Å². The monoisotopic (exact) mass is 402 g/mol. The van der Waals surface area contributed by atoms with Gasteiger partial charge in [-0.2, -0.15) is 4.90 Å². The molecule has 29 heavy (non-hydrogen) atoms. The van der Waals surface area contributed by atoms with Crippen molar-refractivity contribution >= 4 is 35.5 Å². The molecule has 2 heterocycles. The number of likely N-dealkylation sites (tertiary alicyclic amines) is 1. The van der Waals surface area contributed by atoms with Crippen LogP contribution in [0.5, 0.6) is 0 Å². The SMILES string of the molecule is CC(C)(C)OC(=O)N1C(=O)CCC2(CC(=O)N(c3ccc(C(=O)O)cc3)C2)C1=O. The number of anilines is 1. The Balaban J connectivity index is 1.85. The van der Waals surface area contributed by atoms with Crippen LogP contribution in [0, 0.1) is 5.41 Å². The van der Waals surface area contributed by atoms with Crippen LogP contribution in [0.4, 0.5) is 10.5 Å². The summed E-state index contributed by atoms with van der Waals surface area (Å²) in [4.78, 5) is 63.3. The summed E-state index contributed by atoms with van der Waals surface area (Å²) in [5.41, 5.74) is -1.56. The lowest BCUT2D eigenvalue weighted by molar-refractivity contribution is -0.155. The van der Waals surface area contributed by atoms with Crippen LogP contribution in [0.3, 0.4) is 0 Å². The van der Waals surface area contributed by atoms with Gasteiger partial charge < -0.3 is 14.7 Å². The van der Waals surface area contributed by atoms with Gasteiger partial charge in [0.25, 0.3) is 0 Å². The van der Waals surface area contributed by atoms with Crippen molar-refractivity contribution in [2.24, 2.45) is 5.41 Å². The second-order valence-corrected chi connectivity index (χ2v) is 8.30. The molecule has 154 valence electrons. The van der Waals surface area contributed by atoms with E-state index in [1.807, 2.05) is 0 Å². The number of carboxylic acids is 1. The lowest BCUT2D eigenvalue weighted by Crippen LogP contribution is -2.55. The number of aromatic carboxylic acids is 1. The van der Waals surface area contributed by atoms with E-state index in [-0.39, 0.29) is 37.3 Å². The van der Waals surface area contributed by atoms with Crippen molar-refractivity contribution in [1.82, 2.24) is 4.90 Å². The molecule has 1 aromatic rings. The predicted octanol–water partition coefficient (Wildman–Crippen LogP) is 2.19. The van der Waals surface area contributed by atoms with E-state index in [1.54, 1.807) is 20.8 Å². The van der Waals surface area contributed by atoms with E-state index in [0.29, 0.717) is 10.6 Å². The van der Waals surface area contributed by atoms with Crippen molar-refractivity contribution in [3.63, 3.8) is 0 Å². The minimum atomic E-state index is -1.20. The van der Waals surface area contributed by atoms with Gasteiger partial charge in [0.1, 0.15) is 5.60 Å². The predicted molar refractivity (Wildman–Crippen MR) is 100 cm³/mol. The number of carbonyl (C=O) groups excluding carboxylic acids is 4. The number of piperidine rings is 1. The second-order valence-electron chi connectivity index (χ2n) is 8.30. The molecule has 4 amide bonds. The van der Waals surface area contributed by atoms with Gasteiger partial charge in [0.15, 0.2) is 0 Å². The van der Waals surface area contributed by atoms with Crippen LogP contribution in [0.2, 0.25) is 0 Å². The van der Waals surface area contributed by atoms with Crippen LogP contribution < -0.4 is 4.90 Å². The van der Waals surface area contributed by atoms with Crippen LogP contribution in [0.25, 0.3) is 0 Å². The van der Waals surface area contributed by atoms with Gasteiger partial charge in [-0.05, 0) is 51.5 Å². The van der Waals surface area contributed by atoms with E-state index in [9.17, 15) is 24.0 Å². The minimum Gasteiger partial charge on any atom is -0.478 e. The van der Waals surface area contributed by atoms with E-state index in [1.165, 1.54) is 29.2 Å². The van der Waals surface area contributed by atoms with Gasteiger partial charge in [0, 0.05) is 25.1 Å². The molecule has 3 rings (SSSR count). The number of nitrogens with zero attached hydrogens (tertiary/aromatic N) is 2. The Morgan fingerprint density at radius 2 is 1.69 bits per heavy atom. The molecule has 0 radical (unpaired) electrons. The average Bonchev–Trinajstić information content (AvgIpc) is 2.95. The molecule has 2 fully saturated rings. The van der Waals surface area contributed by atoms with Crippen molar-refractivity contribution in [1.29, 1.82) is 0 Å². The highest BCUT2D eigenvalue weighted by atomic mass is 16.6. The Hall–Kier alpha value is -3.23. The third-order valence-electron chi connectivity index (χ3n) is 4.98. The zero-order chi connectivity index (χ0) is 21.6. The van der Waals surface area contributed by atoms with Gasteiger partial charge >= 0.3 is 12.1 Å². The van der Waals surface area contributed by atoms with Crippen molar-refractivity contribution in [3.8, 4) is 0 Å². The highest BCUT2D eigenvalue weighted by Gasteiger charge is 2.56. The van der Waals surface area contributed by atoms with Crippen molar-refractivity contribution in [2.75, 3.05) is 11.4 Å². The number of carbonyl (C=O) groups is 5. The maximum absolute atomic E-state index is 13.1. The molecular weight excluding hydrogens is 380 g/mol. The fourth-order valence-corrected chi connectivity index (χ4v) is 3.57. The maximum atomic E-state index is 13.1. The largest absolute Gasteiger partial charge is 0.478 e. The standard InChI is InChI=1S/C20H22N2O7/c1-19(2,3)29-18(28)22-14(23)8-9-20(17(22)27)10-15(24)21(11-20)13-6-4-12(5-7-13)16(25)26/h4-7H,8-11H2,1-3H3,(H,25,26). The summed E-state index contributed by atoms with van der Waals surface area (Å²) in [7, 11) is 0. The number of ether oxygens (including phenoxy) is 1. The van der Waals surface area contributed by atoms with Crippen LogP contribution >= 0.6 is 0 Å². The molecule has 0 aromatic heterocycles. The van der Waals surface area contributed by atoms with Crippen molar-refractivity contribution in [3.05, 3.63) is 29.8 Å². The first-order chi connectivity index (χ1) is 13.4. The van der Waals surface area contributed by atoms with Gasteiger partial charge in [-0.15, -0.1) is 0 Å². The molecule has 9 heteroatoms. The Morgan fingerprint density at radius 1 is 1.07 bits per heavy atom. The molecule has 1 unspecified atom stereocenters. The highest BCUT2D eigenvalue weighted by Crippen LogP contribution is 2.43. The van der Waals surface area contributed by atoms with Crippen LogP contribution in [-0.4, -0.2) is 51.9 Å². The summed E-state index contributed by atoms with van der Waals surface area (Å²) in [5, 5.41) is 9.01. The van der Waals surface area contributed by atoms with E-state index < -0.39 is 34.9 Å². The Bertz CT molecular complexity index is 900. The van der Waals surface area contributed by atoms with Gasteiger partial charge in [-0.25, -0.2) is 9.59 Å². The molecule has 1 atom stereocenters. The Kier molecular flexibility index (Phi) is 4.94. The van der Waals surface area contributed by atoms with Crippen LogP contribution in [-0.2, 0) is 19.1 Å². The van der Waals surface area contributed by atoms with Crippen LogP contribution in [0.1, 0.15) is 50.4 Å². The second kappa shape index (κ2) is 6.98. The first-order valence-electron chi connectivity index (χ1n) is 9.18. The topological polar surface area (TPSA) is 121 Å². The molecule has 2 aliphatic heterocycles. The van der Waals surface area contributed by atoms with Gasteiger partial charge in [-0.3, -0.25) is 14.4 Å². The number of hydrogen-bond donors (Lipinski definition) is 1. The first-order valence-corrected chi connectivity index (χ1v) is 9.18. The van der Waals surface area contributed by atoms with Crippen LogP contribution in [0.15, 0.2) is 24.3 Å². The molecule has 1 aromatic carbocycles. The molecule has 2 saturated heterocycles. The minimum absolute atomic E-state index is 0.00363. The zero-order valence-corrected chi connectivity index (χ0v) is 16.4.